The quantitative estimate of drug-likeness (QED) is 0.286. The van der Waals surface area contributed by atoms with E-state index in [1.54, 1.807) is 18.2 Å². The monoisotopic (exact) mass is 577 g/mol. The number of aromatic nitrogens is 1. The lowest BCUT2D eigenvalue weighted by atomic mass is 9.89. The maximum Gasteiger partial charge on any atom is 0.303 e. The molecule has 0 spiro atoms. The van der Waals surface area contributed by atoms with Crippen LogP contribution in [-0.4, -0.2) is 32.7 Å². The average molecular weight is 579 g/mol. The predicted octanol–water partition coefficient (Wildman–Crippen LogP) is 6.15. The number of carboxylic acids is 1. The summed E-state index contributed by atoms with van der Waals surface area (Å²) >= 11 is 9.83. The number of hydrazone groups is 1. The predicted molar refractivity (Wildman–Crippen MR) is 147 cm³/mol. The van der Waals surface area contributed by atoms with Crippen LogP contribution in [0.1, 0.15) is 36.4 Å². The van der Waals surface area contributed by atoms with Crippen LogP contribution in [0.5, 0.6) is 0 Å². The summed E-state index contributed by atoms with van der Waals surface area (Å²) in [6, 6.07) is 21.5. The molecule has 2 N–H and O–H groups in total. The number of benzene rings is 3. The van der Waals surface area contributed by atoms with Crippen LogP contribution in [0.2, 0.25) is 5.02 Å². The normalized spacial score (nSPS) is 15.1. The van der Waals surface area contributed by atoms with Crippen LogP contribution in [0.4, 0.5) is 0 Å². The van der Waals surface area contributed by atoms with E-state index in [9.17, 15) is 14.4 Å². The fourth-order valence-corrected chi connectivity index (χ4v) is 5.22. The Balaban J connectivity index is 1.72. The Kier molecular flexibility index (Phi) is 6.95. The molecule has 1 aliphatic heterocycles. The zero-order chi connectivity index (χ0) is 26.1. The van der Waals surface area contributed by atoms with E-state index in [0.717, 1.165) is 21.0 Å². The van der Waals surface area contributed by atoms with Crippen molar-refractivity contribution in [3.63, 3.8) is 0 Å². The lowest BCUT2D eigenvalue weighted by molar-refractivity contribution is -0.141. The number of hydrogen-bond donors (Lipinski definition) is 2. The highest BCUT2D eigenvalue weighted by atomic mass is 79.9. The van der Waals surface area contributed by atoms with Crippen molar-refractivity contribution in [1.29, 1.82) is 0 Å². The first kappa shape index (κ1) is 24.9. The number of nitrogens with zero attached hydrogens (tertiary/aromatic N) is 2. The number of carbonyl (C=O) groups is 2. The standard InChI is InChI=1S/C28H21BrClN3O4/c29-18-8-4-7-17(13-18)22-15-23(33(32-22)24(34)11-12-25(35)36)27-26(16-5-2-1-3-6-16)20-14-19(30)9-10-21(20)31-28(27)37/h1-10,13-14,23H,11-12,15H2,(H,31,37)(H,35,36). The van der Waals surface area contributed by atoms with Crippen molar-refractivity contribution < 1.29 is 14.7 Å². The third-order valence-electron chi connectivity index (χ3n) is 6.29. The van der Waals surface area contributed by atoms with Crippen LogP contribution < -0.4 is 5.56 Å². The highest BCUT2D eigenvalue weighted by molar-refractivity contribution is 9.10. The maximum atomic E-state index is 13.7. The molecule has 4 aromatic rings. The van der Waals surface area contributed by atoms with Crippen molar-refractivity contribution in [1.82, 2.24) is 9.99 Å². The average Bonchev–Trinajstić information content (AvgIpc) is 3.32. The molecule has 0 aliphatic carbocycles. The molecule has 0 saturated carbocycles. The van der Waals surface area contributed by atoms with Gasteiger partial charge >= 0.3 is 5.97 Å². The van der Waals surface area contributed by atoms with Crippen LogP contribution in [0, 0.1) is 0 Å². The number of pyridine rings is 1. The molecule has 37 heavy (non-hydrogen) atoms. The van der Waals surface area contributed by atoms with Gasteiger partial charge in [-0.1, -0.05) is 70.0 Å². The van der Waals surface area contributed by atoms with Crippen molar-refractivity contribution >= 4 is 56.0 Å². The fraction of sp³-hybridized carbons (Fsp3) is 0.143. The van der Waals surface area contributed by atoms with Gasteiger partial charge in [0.2, 0.25) is 5.91 Å². The van der Waals surface area contributed by atoms with Gasteiger partial charge < -0.3 is 10.1 Å². The molecule has 1 unspecified atom stereocenters. The molecule has 2 heterocycles. The van der Waals surface area contributed by atoms with E-state index in [4.69, 9.17) is 16.7 Å². The second-order valence-electron chi connectivity index (χ2n) is 8.71. The van der Waals surface area contributed by atoms with Crippen LogP contribution in [0.25, 0.3) is 22.0 Å². The number of hydrogen-bond acceptors (Lipinski definition) is 4. The number of carboxylic acid groups (broad SMARTS) is 1. The zero-order valence-electron chi connectivity index (χ0n) is 19.4. The van der Waals surface area contributed by atoms with Gasteiger partial charge in [0.25, 0.3) is 5.56 Å². The Morgan fingerprint density at radius 1 is 1.03 bits per heavy atom. The Morgan fingerprint density at radius 3 is 2.51 bits per heavy atom. The van der Waals surface area contributed by atoms with Gasteiger partial charge in [-0.25, -0.2) is 5.01 Å². The van der Waals surface area contributed by atoms with Gasteiger partial charge in [0.1, 0.15) is 0 Å². The zero-order valence-corrected chi connectivity index (χ0v) is 21.8. The van der Waals surface area contributed by atoms with Crippen LogP contribution in [0.15, 0.2) is 87.2 Å². The van der Waals surface area contributed by atoms with Gasteiger partial charge in [0.15, 0.2) is 0 Å². The number of fused-ring (bicyclic) bond motifs is 1. The number of aliphatic carboxylic acids is 1. The third kappa shape index (κ3) is 5.08. The molecule has 186 valence electrons. The summed E-state index contributed by atoms with van der Waals surface area (Å²) in [4.78, 5) is 41.0. The lowest BCUT2D eigenvalue weighted by Gasteiger charge is -2.24. The second-order valence-corrected chi connectivity index (χ2v) is 10.1. The van der Waals surface area contributed by atoms with Crippen molar-refractivity contribution in [2.75, 3.05) is 0 Å². The Labute approximate surface area is 225 Å². The van der Waals surface area contributed by atoms with E-state index in [1.165, 1.54) is 5.01 Å². The smallest absolute Gasteiger partial charge is 0.303 e. The SMILES string of the molecule is O=C(O)CCC(=O)N1N=C(c2cccc(Br)c2)CC1c1c(-c2ccccc2)c2cc(Cl)ccc2[nH]c1=O. The van der Waals surface area contributed by atoms with E-state index < -0.39 is 17.9 Å². The Morgan fingerprint density at radius 2 is 1.78 bits per heavy atom. The van der Waals surface area contributed by atoms with Crippen LogP contribution in [-0.2, 0) is 9.59 Å². The number of carbonyl (C=O) groups excluding carboxylic acids is 1. The number of nitrogens with one attached hydrogen (secondary N) is 1. The van der Waals surface area contributed by atoms with Crippen molar-refractivity contribution in [2.45, 2.75) is 25.3 Å². The largest absolute Gasteiger partial charge is 0.481 e. The Bertz CT molecular complexity index is 1620. The molecule has 1 aromatic heterocycles. The fourth-order valence-electron chi connectivity index (χ4n) is 4.65. The minimum absolute atomic E-state index is 0.237. The molecule has 1 amide bonds. The van der Waals surface area contributed by atoms with Crippen LogP contribution in [0.3, 0.4) is 0 Å². The van der Waals surface area contributed by atoms with Gasteiger partial charge in [-0.15, -0.1) is 0 Å². The molecule has 1 aliphatic rings. The molecule has 0 saturated heterocycles. The van der Waals surface area contributed by atoms with Gasteiger partial charge in [-0.3, -0.25) is 14.4 Å². The Hall–Kier alpha value is -3.75. The van der Waals surface area contributed by atoms with Gasteiger partial charge in [0, 0.05) is 38.8 Å². The van der Waals surface area contributed by atoms with Crippen molar-refractivity contribution in [3.8, 4) is 11.1 Å². The molecule has 0 radical (unpaired) electrons. The van der Waals surface area contributed by atoms with Gasteiger partial charge in [-0.05, 0) is 41.5 Å². The van der Waals surface area contributed by atoms with E-state index in [0.29, 0.717) is 27.4 Å². The summed E-state index contributed by atoms with van der Waals surface area (Å²) in [5, 5.41) is 16.3. The summed E-state index contributed by atoms with van der Waals surface area (Å²) in [6.07, 6.45) is -0.289. The highest BCUT2D eigenvalue weighted by Crippen LogP contribution is 2.40. The molecular weight excluding hydrogens is 558 g/mol. The maximum absolute atomic E-state index is 13.7. The number of aromatic amines is 1. The molecule has 1 atom stereocenters. The van der Waals surface area contributed by atoms with Crippen molar-refractivity contribution in [3.05, 3.63) is 104 Å². The summed E-state index contributed by atoms with van der Waals surface area (Å²) < 4.78 is 0.850. The minimum Gasteiger partial charge on any atom is -0.481 e. The number of H-pyrrole nitrogens is 1. The molecule has 3 aromatic carbocycles. The first-order valence-corrected chi connectivity index (χ1v) is 12.8. The second kappa shape index (κ2) is 10.3. The first-order chi connectivity index (χ1) is 17.8. The highest BCUT2D eigenvalue weighted by Gasteiger charge is 2.37. The van der Waals surface area contributed by atoms with E-state index >= 15 is 0 Å². The van der Waals surface area contributed by atoms with Gasteiger partial charge in [-0.2, -0.15) is 5.10 Å². The topological polar surface area (TPSA) is 103 Å². The number of rotatable bonds is 6. The molecule has 0 fully saturated rings. The number of amides is 1. The summed E-state index contributed by atoms with van der Waals surface area (Å²) in [6.45, 7) is 0. The molecular formula is C28H21BrClN3O4. The summed E-state index contributed by atoms with van der Waals surface area (Å²) in [7, 11) is 0. The third-order valence-corrected chi connectivity index (χ3v) is 7.01. The van der Waals surface area contributed by atoms with Crippen LogP contribution >= 0.6 is 27.5 Å². The van der Waals surface area contributed by atoms with E-state index in [1.807, 2.05) is 54.6 Å². The summed E-state index contributed by atoms with van der Waals surface area (Å²) in [5.74, 6) is -1.55. The lowest BCUT2D eigenvalue weighted by Crippen LogP contribution is -2.31. The molecule has 0 bridgehead atoms. The summed E-state index contributed by atoms with van der Waals surface area (Å²) in [5.41, 5.74) is 3.53. The van der Waals surface area contributed by atoms with Crippen molar-refractivity contribution in [2.24, 2.45) is 5.10 Å². The first-order valence-electron chi connectivity index (χ1n) is 11.6. The molecule has 9 heteroatoms. The van der Waals surface area contributed by atoms with E-state index in [2.05, 4.69) is 26.0 Å². The van der Waals surface area contributed by atoms with E-state index in [-0.39, 0.29) is 24.8 Å². The molecule has 7 nitrogen and oxygen atoms in total. The van der Waals surface area contributed by atoms with Gasteiger partial charge in [0.05, 0.1) is 23.7 Å². The number of halogens is 2. The minimum atomic E-state index is -1.08. The molecule has 5 rings (SSSR count).